The van der Waals surface area contributed by atoms with Gasteiger partial charge in [0.15, 0.2) is 0 Å². The van der Waals surface area contributed by atoms with Crippen molar-refractivity contribution in [1.29, 1.82) is 0 Å². The first-order chi connectivity index (χ1) is 10.1. The Morgan fingerprint density at radius 1 is 1.27 bits per heavy atom. The van der Waals surface area contributed by atoms with E-state index < -0.39 is 17.7 Å². The van der Waals surface area contributed by atoms with Crippen molar-refractivity contribution in [3.63, 3.8) is 0 Å². The van der Waals surface area contributed by atoms with E-state index in [2.05, 4.69) is 5.32 Å². The summed E-state index contributed by atoms with van der Waals surface area (Å²) in [7, 11) is 1.51. The molecule has 2 amide bonds. The number of likely N-dealkylation sites (N-methyl/N-ethyl adjacent to an activating group) is 1. The number of carbonyl (C=O) groups is 2. The van der Waals surface area contributed by atoms with E-state index >= 15 is 0 Å². The summed E-state index contributed by atoms with van der Waals surface area (Å²) >= 11 is 0. The second-order valence-electron chi connectivity index (χ2n) is 6.11. The molecular weight excluding hydrogens is 287 g/mol. The topological polar surface area (TPSA) is 58.6 Å². The molecule has 0 unspecified atom stereocenters. The van der Waals surface area contributed by atoms with E-state index in [0.717, 1.165) is 5.56 Å². The van der Waals surface area contributed by atoms with E-state index in [1.165, 1.54) is 24.1 Å². The number of hydrogen-bond acceptors (Lipinski definition) is 3. The molecule has 0 saturated heterocycles. The number of nitrogens with one attached hydrogen (secondary N) is 1. The minimum atomic E-state index is -0.671. The number of benzene rings is 1. The molecule has 0 fully saturated rings. The van der Waals surface area contributed by atoms with Gasteiger partial charge in [0.2, 0.25) is 5.91 Å². The van der Waals surface area contributed by atoms with E-state index in [0.29, 0.717) is 0 Å². The van der Waals surface area contributed by atoms with Crippen molar-refractivity contribution in [3.05, 3.63) is 35.6 Å². The fourth-order valence-corrected chi connectivity index (χ4v) is 1.61. The Bertz CT molecular complexity index is 523. The molecule has 122 valence electrons. The molecular formula is C16H23FN2O3. The maximum Gasteiger partial charge on any atom is 0.410 e. The lowest BCUT2D eigenvalue weighted by atomic mass is 10.2. The molecule has 0 spiro atoms. The van der Waals surface area contributed by atoms with E-state index in [9.17, 15) is 14.0 Å². The lowest BCUT2D eigenvalue weighted by Crippen LogP contribution is -2.47. The Kier molecular flexibility index (Phi) is 5.91. The van der Waals surface area contributed by atoms with Crippen molar-refractivity contribution >= 4 is 12.0 Å². The smallest absolute Gasteiger partial charge is 0.410 e. The van der Waals surface area contributed by atoms with Crippen molar-refractivity contribution in [1.82, 2.24) is 10.2 Å². The van der Waals surface area contributed by atoms with Crippen molar-refractivity contribution in [2.75, 3.05) is 7.05 Å². The number of amides is 2. The van der Waals surface area contributed by atoms with Gasteiger partial charge in [0, 0.05) is 13.6 Å². The minimum absolute atomic E-state index is 0.269. The molecule has 0 aliphatic carbocycles. The Labute approximate surface area is 130 Å². The predicted molar refractivity (Wildman–Crippen MR) is 81.7 cm³/mol. The fraction of sp³-hybridized carbons (Fsp3) is 0.500. The van der Waals surface area contributed by atoms with Gasteiger partial charge >= 0.3 is 6.09 Å². The lowest BCUT2D eigenvalue weighted by Gasteiger charge is -2.28. The van der Waals surface area contributed by atoms with Crippen LogP contribution in [0.4, 0.5) is 9.18 Å². The van der Waals surface area contributed by atoms with Gasteiger partial charge in [-0.3, -0.25) is 9.69 Å². The van der Waals surface area contributed by atoms with Crippen LogP contribution in [0.25, 0.3) is 0 Å². The maximum atomic E-state index is 12.8. The van der Waals surface area contributed by atoms with Crippen LogP contribution in [0, 0.1) is 5.82 Å². The van der Waals surface area contributed by atoms with E-state index in [1.54, 1.807) is 39.8 Å². The molecule has 1 atom stereocenters. The summed E-state index contributed by atoms with van der Waals surface area (Å²) in [5.41, 5.74) is 0.164. The van der Waals surface area contributed by atoms with Gasteiger partial charge < -0.3 is 10.1 Å². The molecule has 0 saturated carbocycles. The highest BCUT2D eigenvalue weighted by atomic mass is 19.1. The highest BCUT2D eigenvalue weighted by molar-refractivity contribution is 5.85. The van der Waals surface area contributed by atoms with Crippen LogP contribution in [0.2, 0.25) is 0 Å². The van der Waals surface area contributed by atoms with Gasteiger partial charge in [-0.2, -0.15) is 0 Å². The lowest BCUT2D eigenvalue weighted by molar-refractivity contribution is -0.125. The van der Waals surface area contributed by atoms with Gasteiger partial charge in [-0.25, -0.2) is 9.18 Å². The van der Waals surface area contributed by atoms with Crippen LogP contribution in [-0.2, 0) is 16.1 Å². The Morgan fingerprint density at radius 2 is 1.82 bits per heavy atom. The van der Waals surface area contributed by atoms with Crippen molar-refractivity contribution in [2.24, 2.45) is 0 Å². The third-order valence-corrected chi connectivity index (χ3v) is 3.02. The summed E-state index contributed by atoms with van der Waals surface area (Å²) in [5, 5.41) is 2.71. The number of rotatable bonds is 4. The first kappa shape index (κ1) is 17.9. The van der Waals surface area contributed by atoms with E-state index in [4.69, 9.17) is 4.74 Å². The van der Waals surface area contributed by atoms with Crippen LogP contribution in [0.5, 0.6) is 0 Å². The molecule has 0 aliphatic rings. The predicted octanol–water partition coefficient (Wildman–Crippen LogP) is 2.70. The van der Waals surface area contributed by atoms with Crippen LogP contribution < -0.4 is 5.32 Å². The largest absolute Gasteiger partial charge is 0.444 e. The fourth-order valence-electron chi connectivity index (χ4n) is 1.61. The van der Waals surface area contributed by atoms with Crippen LogP contribution in [0.3, 0.4) is 0 Å². The zero-order valence-electron chi connectivity index (χ0n) is 13.6. The third kappa shape index (κ3) is 5.71. The normalized spacial score (nSPS) is 12.5. The average molecular weight is 310 g/mol. The standard InChI is InChI=1S/C16H23FN2O3/c1-11(19(5)15(21)22-16(2,3)4)14(20)18-10-12-6-8-13(17)9-7-12/h6-9,11H,10H2,1-5H3,(H,18,20)/t11-/m1/s1. The molecule has 0 aromatic heterocycles. The molecule has 0 aliphatic heterocycles. The monoisotopic (exact) mass is 310 g/mol. The van der Waals surface area contributed by atoms with Crippen LogP contribution >= 0.6 is 0 Å². The molecule has 0 bridgehead atoms. The third-order valence-electron chi connectivity index (χ3n) is 3.02. The first-order valence-corrected chi connectivity index (χ1v) is 7.08. The Hall–Kier alpha value is -2.11. The van der Waals surface area contributed by atoms with Crippen LogP contribution in [-0.4, -0.2) is 35.6 Å². The highest BCUT2D eigenvalue weighted by Gasteiger charge is 2.26. The average Bonchev–Trinajstić information content (AvgIpc) is 2.43. The molecule has 1 N–H and O–H groups in total. The van der Waals surface area contributed by atoms with Gasteiger partial charge in [-0.15, -0.1) is 0 Å². The quantitative estimate of drug-likeness (QED) is 0.930. The summed E-state index contributed by atoms with van der Waals surface area (Å²) in [6, 6.07) is 5.18. The number of hydrogen-bond donors (Lipinski definition) is 1. The summed E-state index contributed by atoms with van der Waals surface area (Å²) in [6.45, 7) is 7.17. The Morgan fingerprint density at radius 3 is 2.32 bits per heavy atom. The Balaban J connectivity index is 2.53. The van der Waals surface area contributed by atoms with Crippen molar-refractivity contribution < 1.29 is 18.7 Å². The molecule has 0 heterocycles. The molecule has 1 aromatic carbocycles. The van der Waals surface area contributed by atoms with Gasteiger partial charge in [-0.1, -0.05) is 12.1 Å². The number of nitrogens with zero attached hydrogens (tertiary/aromatic N) is 1. The number of halogens is 1. The van der Waals surface area contributed by atoms with Gasteiger partial charge in [0.25, 0.3) is 0 Å². The summed E-state index contributed by atoms with van der Waals surface area (Å²) in [5.74, 6) is -0.634. The SMILES string of the molecule is C[C@H](C(=O)NCc1ccc(F)cc1)N(C)C(=O)OC(C)(C)C. The summed E-state index contributed by atoms with van der Waals surface area (Å²) in [4.78, 5) is 25.2. The minimum Gasteiger partial charge on any atom is -0.444 e. The van der Waals surface area contributed by atoms with Crippen molar-refractivity contribution in [3.8, 4) is 0 Å². The number of carbonyl (C=O) groups excluding carboxylic acids is 2. The van der Waals surface area contributed by atoms with Crippen LogP contribution in [0.1, 0.15) is 33.3 Å². The molecule has 1 aromatic rings. The first-order valence-electron chi connectivity index (χ1n) is 7.08. The van der Waals surface area contributed by atoms with Crippen molar-refractivity contribution in [2.45, 2.75) is 45.9 Å². The second kappa shape index (κ2) is 7.24. The van der Waals surface area contributed by atoms with Gasteiger partial charge in [0.1, 0.15) is 17.5 Å². The molecule has 0 radical (unpaired) electrons. The molecule has 22 heavy (non-hydrogen) atoms. The van der Waals surface area contributed by atoms with Gasteiger partial charge in [-0.05, 0) is 45.4 Å². The van der Waals surface area contributed by atoms with Crippen LogP contribution in [0.15, 0.2) is 24.3 Å². The molecule has 1 rings (SSSR count). The van der Waals surface area contributed by atoms with E-state index in [-0.39, 0.29) is 18.3 Å². The summed E-state index contributed by atoms with van der Waals surface area (Å²) in [6.07, 6.45) is -0.558. The summed E-state index contributed by atoms with van der Waals surface area (Å²) < 4.78 is 18.0. The van der Waals surface area contributed by atoms with Gasteiger partial charge in [0.05, 0.1) is 0 Å². The maximum absolute atomic E-state index is 12.8. The zero-order valence-corrected chi connectivity index (χ0v) is 13.6. The second-order valence-corrected chi connectivity index (χ2v) is 6.11. The highest BCUT2D eigenvalue weighted by Crippen LogP contribution is 2.11. The van der Waals surface area contributed by atoms with E-state index in [1.807, 2.05) is 0 Å². The zero-order chi connectivity index (χ0) is 16.9. The molecule has 6 heteroatoms. The molecule has 5 nitrogen and oxygen atoms in total. The number of ether oxygens (including phenoxy) is 1.